The number of ether oxygens (including phenoxy) is 1. The zero-order valence-corrected chi connectivity index (χ0v) is 18.5. The molecule has 33 heavy (non-hydrogen) atoms. The molecule has 4 rings (SSSR count). The maximum atomic E-state index is 13.0. The Hall–Kier alpha value is -3.38. The molecule has 10 heteroatoms. The summed E-state index contributed by atoms with van der Waals surface area (Å²) >= 11 is 6.30. The van der Waals surface area contributed by atoms with Crippen LogP contribution in [0.15, 0.2) is 39.9 Å². The molecule has 172 valence electrons. The van der Waals surface area contributed by atoms with E-state index in [1.807, 2.05) is 6.07 Å². The number of anilines is 1. The molecule has 0 aliphatic heterocycles. The Labute approximate surface area is 192 Å². The van der Waals surface area contributed by atoms with E-state index in [1.165, 1.54) is 17.7 Å². The molecular formula is C23H21ClF2N4O3. The summed E-state index contributed by atoms with van der Waals surface area (Å²) in [4.78, 5) is 27.6. The van der Waals surface area contributed by atoms with E-state index in [-0.39, 0.29) is 42.2 Å². The fourth-order valence-electron chi connectivity index (χ4n) is 3.87. The fraction of sp³-hybridized carbons (Fsp3) is 0.348. The number of hydrogen-bond acceptors (Lipinski definition) is 5. The van der Waals surface area contributed by atoms with Crippen molar-refractivity contribution < 1.29 is 13.5 Å². The Morgan fingerprint density at radius 2 is 2.06 bits per heavy atom. The van der Waals surface area contributed by atoms with Crippen LogP contribution in [0.3, 0.4) is 0 Å². The highest BCUT2D eigenvalue weighted by atomic mass is 35.5. The molecule has 0 saturated heterocycles. The van der Waals surface area contributed by atoms with Crippen molar-refractivity contribution in [2.75, 3.05) is 18.5 Å². The molecule has 0 atom stereocenters. The molecule has 1 aliphatic rings. The van der Waals surface area contributed by atoms with E-state index < -0.39 is 5.92 Å². The molecular weight excluding hydrogens is 454 g/mol. The highest BCUT2D eigenvalue weighted by molar-refractivity contribution is 6.32. The lowest BCUT2D eigenvalue weighted by Gasteiger charge is -2.34. The SMILES string of the molecule is Cn1c(C#N)ccc(NCCc2cc3cc(Cl)c(OCC4CC(F)(F)C4)cc3[nH]c2=O)c1=O. The third-order valence-electron chi connectivity index (χ3n) is 5.75. The Morgan fingerprint density at radius 3 is 2.76 bits per heavy atom. The smallest absolute Gasteiger partial charge is 0.274 e. The number of aromatic amines is 1. The van der Waals surface area contributed by atoms with Crippen molar-refractivity contribution in [1.82, 2.24) is 9.55 Å². The number of pyridine rings is 2. The minimum absolute atomic E-state index is 0.142. The average Bonchev–Trinajstić information content (AvgIpc) is 2.74. The molecule has 2 N–H and O–H groups in total. The number of fused-ring (bicyclic) bond motifs is 1. The summed E-state index contributed by atoms with van der Waals surface area (Å²) in [5.41, 5.74) is 0.999. The first-order valence-electron chi connectivity index (χ1n) is 10.4. The maximum absolute atomic E-state index is 13.0. The van der Waals surface area contributed by atoms with E-state index in [2.05, 4.69) is 10.3 Å². The van der Waals surface area contributed by atoms with Gasteiger partial charge < -0.3 is 19.6 Å². The van der Waals surface area contributed by atoms with Gasteiger partial charge in [0.25, 0.3) is 11.1 Å². The van der Waals surface area contributed by atoms with Gasteiger partial charge in [-0.1, -0.05) is 11.6 Å². The summed E-state index contributed by atoms with van der Waals surface area (Å²) < 4.78 is 32.8. The molecule has 0 amide bonds. The zero-order valence-electron chi connectivity index (χ0n) is 17.8. The van der Waals surface area contributed by atoms with Gasteiger partial charge in [-0.05, 0) is 30.7 Å². The number of nitriles is 1. The molecule has 1 aromatic carbocycles. The molecule has 0 radical (unpaired) electrons. The lowest BCUT2D eigenvalue weighted by molar-refractivity contribution is -0.119. The number of hydrogen-bond donors (Lipinski definition) is 2. The van der Waals surface area contributed by atoms with E-state index >= 15 is 0 Å². The monoisotopic (exact) mass is 474 g/mol. The van der Waals surface area contributed by atoms with E-state index in [9.17, 15) is 18.4 Å². The molecule has 0 unspecified atom stereocenters. The van der Waals surface area contributed by atoms with Crippen LogP contribution in [0.25, 0.3) is 10.9 Å². The second-order valence-corrected chi connectivity index (χ2v) is 8.63. The predicted octanol–water partition coefficient (Wildman–Crippen LogP) is 3.83. The van der Waals surface area contributed by atoms with E-state index in [4.69, 9.17) is 21.6 Å². The first-order valence-corrected chi connectivity index (χ1v) is 10.7. The van der Waals surface area contributed by atoms with Crippen LogP contribution in [0, 0.1) is 17.2 Å². The van der Waals surface area contributed by atoms with Gasteiger partial charge in [-0.25, -0.2) is 8.78 Å². The molecule has 3 aromatic rings. The molecule has 1 saturated carbocycles. The van der Waals surface area contributed by atoms with Crippen molar-refractivity contribution in [2.45, 2.75) is 25.2 Å². The molecule has 7 nitrogen and oxygen atoms in total. The van der Waals surface area contributed by atoms with Gasteiger partial charge in [-0.15, -0.1) is 0 Å². The van der Waals surface area contributed by atoms with Crippen molar-refractivity contribution in [1.29, 1.82) is 5.26 Å². The highest BCUT2D eigenvalue weighted by Gasteiger charge is 2.45. The summed E-state index contributed by atoms with van der Waals surface area (Å²) in [6.45, 7) is 0.473. The molecule has 0 bridgehead atoms. The second kappa shape index (κ2) is 8.87. The summed E-state index contributed by atoms with van der Waals surface area (Å²) in [5, 5.41) is 13.0. The summed E-state index contributed by atoms with van der Waals surface area (Å²) in [6.07, 6.45) is -0.0395. The van der Waals surface area contributed by atoms with Gasteiger partial charge in [0, 0.05) is 49.4 Å². The van der Waals surface area contributed by atoms with Crippen molar-refractivity contribution in [2.24, 2.45) is 13.0 Å². The van der Waals surface area contributed by atoms with Gasteiger partial charge in [-0.2, -0.15) is 5.26 Å². The number of benzene rings is 1. The lowest BCUT2D eigenvalue weighted by Crippen LogP contribution is -2.38. The molecule has 2 heterocycles. The van der Waals surface area contributed by atoms with Gasteiger partial charge in [0.05, 0.1) is 17.1 Å². The lowest BCUT2D eigenvalue weighted by atomic mass is 9.82. The quantitative estimate of drug-likeness (QED) is 0.542. The third-order valence-corrected chi connectivity index (χ3v) is 6.05. The van der Waals surface area contributed by atoms with Crippen molar-refractivity contribution in [3.8, 4) is 11.8 Å². The van der Waals surface area contributed by atoms with E-state index in [0.717, 1.165) is 0 Å². The number of alkyl halides is 2. The van der Waals surface area contributed by atoms with Crippen LogP contribution in [-0.2, 0) is 13.5 Å². The number of H-pyrrole nitrogens is 1. The summed E-state index contributed by atoms with van der Waals surface area (Å²) in [7, 11) is 1.52. The normalized spacial score (nSPS) is 15.1. The van der Waals surface area contributed by atoms with E-state index in [0.29, 0.717) is 45.9 Å². The second-order valence-electron chi connectivity index (χ2n) is 8.22. The Balaban J connectivity index is 1.44. The Bertz CT molecular complexity index is 1370. The van der Waals surface area contributed by atoms with Crippen molar-refractivity contribution in [3.05, 3.63) is 67.3 Å². The number of aromatic nitrogens is 2. The van der Waals surface area contributed by atoms with Gasteiger partial charge >= 0.3 is 0 Å². The molecule has 0 spiro atoms. The number of halogens is 3. The predicted molar refractivity (Wildman–Crippen MR) is 121 cm³/mol. The third kappa shape index (κ3) is 4.86. The minimum Gasteiger partial charge on any atom is -0.492 e. The number of rotatable bonds is 7. The number of nitrogens with zero attached hydrogens (tertiary/aromatic N) is 2. The van der Waals surface area contributed by atoms with E-state index in [1.54, 1.807) is 24.3 Å². The van der Waals surface area contributed by atoms with Crippen LogP contribution >= 0.6 is 11.6 Å². The van der Waals surface area contributed by atoms with Gasteiger partial charge in [0.15, 0.2) is 0 Å². The summed E-state index contributed by atoms with van der Waals surface area (Å²) in [5.74, 6) is -2.49. The van der Waals surface area contributed by atoms with Crippen LogP contribution in [0.5, 0.6) is 5.75 Å². The number of nitrogens with one attached hydrogen (secondary N) is 2. The van der Waals surface area contributed by atoms with Crippen molar-refractivity contribution >= 4 is 28.2 Å². The van der Waals surface area contributed by atoms with Gasteiger partial charge in [0.1, 0.15) is 23.2 Å². The Morgan fingerprint density at radius 1 is 1.30 bits per heavy atom. The van der Waals surface area contributed by atoms with Crippen molar-refractivity contribution in [3.63, 3.8) is 0 Å². The standard InChI is InChI=1S/C23H21ClF2N4O3/c1-30-16(11-27)2-3-18(22(30)32)28-5-4-14-6-15-7-17(24)20(8-19(15)29-21(14)31)33-12-13-9-23(25,26)10-13/h2-3,6-8,13,28H,4-5,9-10,12H2,1H3,(H,29,31). The molecule has 1 aliphatic carbocycles. The average molecular weight is 475 g/mol. The van der Waals surface area contributed by atoms with Gasteiger partial charge in [0.2, 0.25) is 5.92 Å². The molecule has 1 fully saturated rings. The topological polar surface area (TPSA) is 99.9 Å². The first kappa shape index (κ1) is 22.8. The minimum atomic E-state index is -2.61. The van der Waals surface area contributed by atoms with Crippen LogP contribution in [0.1, 0.15) is 24.1 Å². The summed E-state index contributed by atoms with van der Waals surface area (Å²) in [6, 6.07) is 10.00. The largest absolute Gasteiger partial charge is 0.492 e. The zero-order chi connectivity index (χ0) is 23.8. The maximum Gasteiger partial charge on any atom is 0.274 e. The first-order chi connectivity index (χ1) is 15.7. The van der Waals surface area contributed by atoms with Gasteiger partial charge in [-0.3, -0.25) is 9.59 Å². The fourth-order valence-corrected chi connectivity index (χ4v) is 4.10. The van der Waals surface area contributed by atoms with Crippen LogP contribution in [-0.4, -0.2) is 28.6 Å². The highest BCUT2D eigenvalue weighted by Crippen LogP contribution is 2.42. The van der Waals surface area contributed by atoms with Crippen LogP contribution in [0.2, 0.25) is 5.02 Å². The molecule has 2 aromatic heterocycles. The van der Waals surface area contributed by atoms with Crippen LogP contribution in [0.4, 0.5) is 14.5 Å². The van der Waals surface area contributed by atoms with Crippen LogP contribution < -0.4 is 21.2 Å². The Kier molecular flexibility index (Phi) is 6.13.